The van der Waals surface area contributed by atoms with E-state index in [1.807, 2.05) is 17.8 Å². The highest BCUT2D eigenvalue weighted by atomic mass is 33.1. The van der Waals surface area contributed by atoms with Crippen LogP contribution in [0.1, 0.15) is 26.2 Å². The standard InChI is InChI=1S/C6H15NS2/c1-3-4-5-6-8-9-7-2/h7H,3-6H2,1-2H3. The van der Waals surface area contributed by atoms with E-state index in [1.54, 1.807) is 11.0 Å². The fourth-order valence-corrected chi connectivity index (χ4v) is 1.99. The zero-order valence-electron chi connectivity index (χ0n) is 6.14. The van der Waals surface area contributed by atoms with Crippen LogP contribution in [0.15, 0.2) is 0 Å². The Morgan fingerprint density at radius 3 is 2.67 bits per heavy atom. The lowest BCUT2D eigenvalue weighted by Gasteiger charge is -1.96. The average Bonchev–Trinajstić information content (AvgIpc) is 1.89. The summed E-state index contributed by atoms with van der Waals surface area (Å²) in [5.41, 5.74) is 0. The van der Waals surface area contributed by atoms with Crippen molar-refractivity contribution in [3.8, 4) is 0 Å². The molecular weight excluding hydrogens is 150 g/mol. The molecule has 3 heteroatoms. The first kappa shape index (κ1) is 9.66. The van der Waals surface area contributed by atoms with Crippen molar-refractivity contribution >= 4 is 21.8 Å². The van der Waals surface area contributed by atoms with E-state index in [0.29, 0.717) is 0 Å². The van der Waals surface area contributed by atoms with Gasteiger partial charge >= 0.3 is 0 Å². The van der Waals surface area contributed by atoms with Crippen molar-refractivity contribution in [2.24, 2.45) is 0 Å². The molecule has 0 aromatic heterocycles. The third-order valence-corrected chi connectivity index (χ3v) is 3.07. The Labute approximate surface area is 65.9 Å². The van der Waals surface area contributed by atoms with E-state index in [4.69, 9.17) is 0 Å². The summed E-state index contributed by atoms with van der Waals surface area (Å²) in [6, 6.07) is 0. The molecule has 56 valence electrons. The van der Waals surface area contributed by atoms with E-state index in [1.165, 1.54) is 25.0 Å². The summed E-state index contributed by atoms with van der Waals surface area (Å²) in [5.74, 6) is 1.28. The van der Waals surface area contributed by atoms with Crippen molar-refractivity contribution in [3.63, 3.8) is 0 Å². The van der Waals surface area contributed by atoms with Gasteiger partial charge in [-0.2, -0.15) is 0 Å². The molecule has 0 rings (SSSR count). The number of rotatable bonds is 6. The summed E-state index contributed by atoms with van der Waals surface area (Å²) in [7, 11) is 5.58. The molecule has 0 saturated carbocycles. The maximum atomic E-state index is 3.02. The van der Waals surface area contributed by atoms with Gasteiger partial charge in [0.15, 0.2) is 0 Å². The SMILES string of the molecule is CCCCCSSNC. The molecule has 0 atom stereocenters. The zero-order chi connectivity index (χ0) is 6.95. The zero-order valence-corrected chi connectivity index (χ0v) is 7.78. The lowest BCUT2D eigenvalue weighted by atomic mass is 10.3. The molecule has 0 unspecified atom stereocenters. The van der Waals surface area contributed by atoms with Crippen LogP contribution in [0.4, 0.5) is 0 Å². The van der Waals surface area contributed by atoms with Gasteiger partial charge in [0.2, 0.25) is 0 Å². The molecule has 0 heterocycles. The Bertz CT molecular complexity index is 44.3. The summed E-state index contributed by atoms with van der Waals surface area (Å²) >= 11 is 0. The van der Waals surface area contributed by atoms with Gasteiger partial charge in [0.1, 0.15) is 0 Å². The highest BCUT2D eigenvalue weighted by Gasteiger charge is 1.86. The Balaban J connectivity index is 2.60. The maximum absolute atomic E-state index is 3.02. The van der Waals surface area contributed by atoms with Crippen molar-refractivity contribution in [3.05, 3.63) is 0 Å². The quantitative estimate of drug-likeness (QED) is 0.369. The van der Waals surface area contributed by atoms with Crippen LogP contribution in [0, 0.1) is 0 Å². The van der Waals surface area contributed by atoms with Gasteiger partial charge in [-0.05, 0) is 24.4 Å². The molecule has 0 aliphatic rings. The van der Waals surface area contributed by atoms with Gasteiger partial charge in [-0.25, -0.2) is 0 Å². The van der Waals surface area contributed by atoms with Crippen LogP contribution in [-0.2, 0) is 0 Å². The average molecular weight is 165 g/mol. The molecule has 0 saturated heterocycles. The number of nitrogens with one attached hydrogen (secondary N) is 1. The van der Waals surface area contributed by atoms with Crippen molar-refractivity contribution in [2.45, 2.75) is 26.2 Å². The van der Waals surface area contributed by atoms with Crippen molar-refractivity contribution in [1.82, 2.24) is 4.72 Å². The summed E-state index contributed by atoms with van der Waals surface area (Å²) in [5, 5.41) is 0. The van der Waals surface area contributed by atoms with Gasteiger partial charge in [-0.15, -0.1) is 0 Å². The van der Waals surface area contributed by atoms with Crippen LogP contribution in [0.3, 0.4) is 0 Å². The lowest BCUT2D eigenvalue weighted by Crippen LogP contribution is -1.87. The first-order valence-electron chi connectivity index (χ1n) is 3.37. The van der Waals surface area contributed by atoms with Crippen LogP contribution in [0.5, 0.6) is 0 Å². The molecule has 0 amide bonds. The Morgan fingerprint density at radius 1 is 1.33 bits per heavy atom. The van der Waals surface area contributed by atoms with E-state index < -0.39 is 0 Å². The minimum Gasteiger partial charge on any atom is -0.258 e. The Kier molecular flexibility index (Phi) is 9.30. The first-order valence-corrected chi connectivity index (χ1v) is 5.69. The van der Waals surface area contributed by atoms with Crippen LogP contribution in [-0.4, -0.2) is 12.8 Å². The number of hydrogen-bond donors (Lipinski definition) is 1. The second-order valence-corrected chi connectivity index (χ2v) is 4.24. The topological polar surface area (TPSA) is 12.0 Å². The predicted octanol–water partition coefficient (Wildman–Crippen LogP) is 2.69. The number of hydrogen-bond acceptors (Lipinski definition) is 3. The Morgan fingerprint density at radius 2 is 2.11 bits per heavy atom. The van der Waals surface area contributed by atoms with Crippen LogP contribution in [0.25, 0.3) is 0 Å². The van der Waals surface area contributed by atoms with Gasteiger partial charge < -0.3 is 0 Å². The summed E-state index contributed by atoms with van der Waals surface area (Å²) < 4.78 is 3.02. The molecule has 0 bridgehead atoms. The van der Waals surface area contributed by atoms with E-state index in [9.17, 15) is 0 Å². The smallest absolute Gasteiger partial charge is 0.00494 e. The molecule has 0 aliphatic heterocycles. The summed E-state index contributed by atoms with van der Waals surface area (Å²) in [6.07, 6.45) is 4.05. The molecule has 0 fully saturated rings. The summed E-state index contributed by atoms with van der Waals surface area (Å²) in [4.78, 5) is 0. The lowest BCUT2D eigenvalue weighted by molar-refractivity contribution is 0.779. The van der Waals surface area contributed by atoms with Crippen LogP contribution >= 0.6 is 21.8 Å². The molecule has 9 heavy (non-hydrogen) atoms. The monoisotopic (exact) mass is 165 g/mol. The molecule has 1 N–H and O–H groups in total. The van der Waals surface area contributed by atoms with Gasteiger partial charge in [0.05, 0.1) is 0 Å². The highest BCUT2D eigenvalue weighted by molar-refractivity contribution is 8.76. The molecule has 1 nitrogen and oxygen atoms in total. The van der Waals surface area contributed by atoms with Gasteiger partial charge in [-0.3, -0.25) is 4.72 Å². The second-order valence-electron chi connectivity index (χ2n) is 1.82. The molecule has 0 spiro atoms. The van der Waals surface area contributed by atoms with Gasteiger partial charge in [-0.1, -0.05) is 30.6 Å². The third kappa shape index (κ3) is 8.66. The van der Waals surface area contributed by atoms with E-state index in [-0.39, 0.29) is 0 Å². The molecule has 0 aromatic rings. The molecule has 0 aromatic carbocycles. The number of unbranched alkanes of at least 4 members (excludes halogenated alkanes) is 2. The first-order chi connectivity index (χ1) is 4.41. The third-order valence-electron chi connectivity index (χ3n) is 0.973. The van der Waals surface area contributed by atoms with Crippen molar-refractivity contribution in [1.29, 1.82) is 0 Å². The second kappa shape index (κ2) is 8.66. The van der Waals surface area contributed by atoms with Crippen LogP contribution in [0.2, 0.25) is 0 Å². The van der Waals surface area contributed by atoms with Crippen LogP contribution < -0.4 is 4.72 Å². The predicted molar refractivity (Wildman–Crippen MR) is 48.6 cm³/mol. The molecular formula is C6H15NS2. The fourth-order valence-electron chi connectivity index (χ4n) is 0.512. The molecule has 0 aliphatic carbocycles. The van der Waals surface area contributed by atoms with Crippen molar-refractivity contribution < 1.29 is 0 Å². The van der Waals surface area contributed by atoms with Gasteiger partial charge in [0, 0.05) is 5.75 Å². The van der Waals surface area contributed by atoms with Gasteiger partial charge in [0.25, 0.3) is 0 Å². The molecule has 0 radical (unpaired) electrons. The highest BCUT2D eigenvalue weighted by Crippen LogP contribution is 2.17. The maximum Gasteiger partial charge on any atom is 0.00494 e. The summed E-state index contributed by atoms with van der Waals surface area (Å²) in [6.45, 7) is 2.23. The minimum absolute atomic E-state index is 1.28. The van der Waals surface area contributed by atoms with E-state index in [2.05, 4.69) is 11.6 Å². The van der Waals surface area contributed by atoms with Crippen molar-refractivity contribution in [2.75, 3.05) is 12.8 Å². The fraction of sp³-hybridized carbons (Fsp3) is 1.00. The Hall–Kier alpha value is 0.660. The minimum atomic E-state index is 1.28. The van der Waals surface area contributed by atoms with E-state index in [0.717, 1.165) is 0 Å². The van der Waals surface area contributed by atoms with E-state index >= 15 is 0 Å². The largest absolute Gasteiger partial charge is 0.258 e. The normalized spacial score (nSPS) is 10.0.